The van der Waals surface area contributed by atoms with Crippen LogP contribution in [-0.2, 0) is 9.59 Å². The molecule has 2 unspecified atom stereocenters. The van der Waals surface area contributed by atoms with E-state index in [1.165, 1.54) is 5.41 Å². The number of anilines is 2. The van der Waals surface area contributed by atoms with Gasteiger partial charge in [-0.15, -0.1) is 0 Å². The molecule has 2 atom stereocenters. The van der Waals surface area contributed by atoms with E-state index in [2.05, 4.69) is 49.1 Å². The number of primary amides is 1. The van der Waals surface area contributed by atoms with Gasteiger partial charge < -0.3 is 22.1 Å². The minimum Gasteiger partial charge on any atom is -0.382 e. The van der Waals surface area contributed by atoms with Gasteiger partial charge in [0, 0.05) is 38.3 Å². The zero-order valence-corrected chi connectivity index (χ0v) is 20.4. The third-order valence-electron chi connectivity index (χ3n) is 5.13. The van der Waals surface area contributed by atoms with Crippen LogP contribution in [-0.4, -0.2) is 66.3 Å². The van der Waals surface area contributed by atoms with Gasteiger partial charge in [-0.05, 0) is 40.4 Å². The number of hydrogen-bond donors (Lipinski definition) is 3. The number of aliphatic imine (C=N–C) groups is 2. The van der Waals surface area contributed by atoms with Crippen molar-refractivity contribution in [2.45, 2.75) is 13.3 Å². The average Bonchev–Trinajstić information content (AvgIpc) is 3.48. The van der Waals surface area contributed by atoms with Crippen molar-refractivity contribution in [3.05, 3.63) is 22.7 Å². The second-order valence-corrected chi connectivity index (χ2v) is 9.30. The van der Waals surface area contributed by atoms with Crippen LogP contribution in [0.5, 0.6) is 0 Å². The first-order chi connectivity index (χ1) is 15.2. The molecule has 174 valence electrons. The van der Waals surface area contributed by atoms with Gasteiger partial charge in [-0.1, -0.05) is 25.3 Å². The minimum absolute atomic E-state index is 0.132. The van der Waals surface area contributed by atoms with Gasteiger partial charge in [-0.2, -0.15) is 4.99 Å². The van der Waals surface area contributed by atoms with E-state index < -0.39 is 0 Å². The molecular formula is C20H29BrN8O2S. The summed E-state index contributed by atoms with van der Waals surface area (Å²) in [4.78, 5) is 38.2. The van der Waals surface area contributed by atoms with E-state index in [-0.39, 0.29) is 29.4 Å². The maximum atomic E-state index is 11.9. The Hall–Kier alpha value is -2.44. The van der Waals surface area contributed by atoms with Crippen LogP contribution in [0, 0.1) is 11.8 Å². The highest BCUT2D eigenvalue weighted by Crippen LogP contribution is 2.39. The third-order valence-corrected chi connectivity index (χ3v) is 6.21. The smallest absolute Gasteiger partial charge is 0.262 e. The number of nitrogens with two attached hydrogens (primary N) is 3. The highest BCUT2D eigenvalue weighted by molar-refractivity contribution is 9.10. The van der Waals surface area contributed by atoms with Gasteiger partial charge in [-0.25, -0.2) is 4.98 Å². The van der Waals surface area contributed by atoms with Crippen LogP contribution >= 0.6 is 27.7 Å². The first-order valence-electron chi connectivity index (χ1n) is 9.99. The van der Waals surface area contributed by atoms with Crippen molar-refractivity contribution in [1.29, 1.82) is 0 Å². The fourth-order valence-electron chi connectivity index (χ4n) is 3.25. The van der Waals surface area contributed by atoms with Gasteiger partial charge in [0.05, 0.1) is 16.7 Å². The summed E-state index contributed by atoms with van der Waals surface area (Å²) in [5, 5.41) is 1.74. The molecule has 2 fully saturated rings. The lowest BCUT2D eigenvalue weighted by Gasteiger charge is -2.36. The van der Waals surface area contributed by atoms with Gasteiger partial charge in [0.1, 0.15) is 5.69 Å². The predicted octanol–water partition coefficient (Wildman–Crippen LogP) is 1.73. The molecule has 0 spiro atoms. The summed E-state index contributed by atoms with van der Waals surface area (Å²) in [5.74, 6) is 0.725. The number of halogens is 1. The highest BCUT2D eigenvalue weighted by Gasteiger charge is 2.37. The Morgan fingerprint density at radius 3 is 2.44 bits per heavy atom. The molecule has 12 heteroatoms. The molecule has 32 heavy (non-hydrogen) atoms. The molecule has 1 saturated heterocycles. The zero-order chi connectivity index (χ0) is 23.8. The molecule has 2 amide bonds. The summed E-state index contributed by atoms with van der Waals surface area (Å²) < 4.78 is 0.812. The van der Waals surface area contributed by atoms with Crippen molar-refractivity contribution in [2.75, 3.05) is 43.4 Å². The second kappa shape index (κ2) is 12.0. The molecule has 1 aliphatic heterocycles. The molecule has 0 aromatic carbocycles. The molecule has 0 bridgehead atoms. The number of amidine groups is 1. The lowest BCUT2D eigenvalue weighted by Crippen LogP contribution is -2.48. The van der Waals surface area contributed by atoms with E-state index >= 15 is 0 Å². The summed E-state index contributed by atoms with van der Waals surface area (Å²) >= 11 is 4.63. The van der Waals surface area contributed by atoms with Gasteiger partial charge in [0.2, 0.25) is 5.91 Å². The molecule has 2 heterocycles. The van der Waals surface area contributed by atoms with Gasteiger partial charge >= 0.3 is 0 Å². The van der Waals surface area contributed by atoms with E-state index in [0.717, 1.165) is 41.4 Å². The van der Waals surface area contributed by atoms with Crippen molar-refractivity contribution in [3.8, 4) is 0 Å². The van der Waals surface area contributed by atoms with Crippen LogP contribution in [0.4, 0.5) is 17.2 Å². The summed E-state index contributed by atoms with van der Waals surface area (Å²) in [7, 11) is 0. The Kier molecular flexibility index (Phi) is 9.66. The number of amides is 2. The van der Waals surface area contributed by atoms with Crippen LogP contribution in [0.25, 0.3) is 0 Å². The maximum absolute atomic E-state index is 11.9. The molecular weight excluding hydrogens is 496 g/mol. The maximum Gasteiger partial charge on any atom is 0.262 e. The normalized spacial score (nSPS) is 20.7. The van der Waals surface area contributed by atoms with Crippen LogP contribution < -0.4 is 22.1 Å². The van der Waals surface area contributed by atoms with Crippen molar-refractivity contribution in [2.24, 2.45) is 33.3 Å². The van der Waals surface area contributed by atoms with Crippen LogP contribution in [0.15, 0.2) is 32.6 Å². The number of carbonyl (C=O) groups is 2. The highest BCUT2D eigenvalue weighted by atomic mass is 79.9. The van der Waals surface area contributed by atoms with Crippen molar-refractivity contribution < 1.29 is 9.59 Å². The SMILES string of the molecule is C=CSC(N)=NC(=O)CN1CCN(c2c(Br)cnc(N)c2N=C)CC1.CC1CC1C(N)=O. The summed E-state index contributed by atoms with van der Waals surface area (Å²) in [5.41, 5.74) is 17.9. The number of piperazine rings is 1. The molecule has 0 radical (unpaired) electrons. The molecule has 6 N–H and O–H groups in total. The van der Waals surface area contributed by atoms with Crippen molar-refractivity contribution in [3.63, 3.8) is 0 Å². The van der Waals surface area contributed by atoms with Crippen LogP contribution in [0.2, 0.25) is 0 Å². The number of nitrogen functional groups attached to an aromatic ring is 1. The lowest BCUT2D eigenvalue weighted by molar-refractivity contribution is -0.120. The number of hydrogen-bond acceptors (Lipinski definition) is 8. The van der Waals surface area contributed by atoms with E-state index in [1.807, 2.05) is 11.8 Å². The van der Waals surface area contributed by atoms with Crippen LogP contribution in [0.3, 0.4) is 0 Å². The number of rotatable bonds is 6. The van der Waals surface area contributed by atoms with E-state index in [0.29, 0.717) is 30.5 Å². The number of nitrogens with zero attached hydrogens (tertiary/aromatic N) is 5. The fourth-order valence-corrected chi connectivity index (χ4v) is 4.12. The Labute approximate surface area is 200 Å². The number of thioether (sulfide) groups is 1. The van der Waals surface area contributed by atoms with E-state index in [4.69, 9.17) is 17.2 Å². The Balaban J connectivity index is 0.000000439. The summed E-state index contributed by atoms with van der Waals surface area (Å²) in [6.45, 7) is 12.2. The zero-order valence-electron chi connectivity index (χ0n) is 18.0. The summed E-state index contributed by atoms with van der Waals surface area (Å²) in [6, 6.07) is 0. The van der Waals surface area contributed by atoms with Crippen LogP contribution in [0.1, 0.15) is 13.3 Å². The van der Waals surface area contributed by atoms with Gasteiger partial charge in [-0.3, -0.25) is 19.5 Å². The quantitative estimate of drug-likeness (QED) is 0.375. The van der Waals surface area contributed by atoms with E-state index in [9.17, 15) is 9.59 Å². The lowest BCUT2D eigenvalue weighted by atomic mass is 10.2. The monoisotopic (exact) mass is 524 g/mol. The Morgan fingerprint density at radius 2 is 1.97 bits per heavy atom. The molecule has 3 rings (SSSR count). The molecule has 1 aliphatic carbocycles. The predicted molar refractivity (Wildman–Crippen MR) is 135 cm³/mol. The van der Waals surface area contributed by atoms with E-state index in [1.54, 1.807) is 6.20 Å². The standard InChI is InChI=1S/C15H20BrN7OS.C5H9NO/c1-3-25-15(18)21-11(24)9-22-4-6-23(7-5-22)13-10(16)8-20-14(17)12(13)19-2;1-3-2-4(3)5(6)7/h3,8H,1-2,4-7,9H2,(H2,17,20)(H2,18,21,24);3-4H,2H2,1H3,(H2,6,7). The number of aromatic nitrogens is 1. The molecule has 10 nitrogen and oxygen atoms in total. The largest absolute Gasteiger partial charge is 0.382 e. The fraction of sp³-hybridized carbons (Fsp3) is 0.450. The molecule has 1 aromatic rings. The summed E-state index contributed by atoms with van der Waals surface area (Å²) in [6.07, 6.45) is 2.67. The third kappa shape index (κ3) is 7.31. The first kappa shape index (κ1) is 25.8. The topological polar surface area (TPSA) is 156 Å². The Morgan fingerprint density at radius 1 is 1.34 bits per heavy atom. The number of pyridine rings is 1. The molecule has 1 aromatic heterocycles. The first-order valence-corrected chi connectivity index (χ1v) is 11.7. The molecule has 1 saturated carbocycles. The minimum atomic E-state index is -0.261. The molecule has 2 aliphatic rings. The second-order valence-electron chi connectivity index (χ2n) is 7.46. The van der Waals surface area contributed by atoms with Gasteiger partial charge in [0.25, 0.3) is 5.91 Å². The average molecular weight is 525 g/mol. The Bertz CT molecular complexity index is 902. The van der Waals surface area contributed by atoms with Crippen molar-refractivity contribution in [1.82, 2.24) is 9.88 Å². The van der Waals surface area contributed by atoms with Gasteiger partial charge in [0.15, 0.2) is 11.0 Å². The number of carbonyl (C=O) groups excluding carboxylic acids is 2. The van der Waals surface area contributed by atoms with Crippen molar-refractivity contribution >= 4 is 68.6 Å².